The minimum absolute atomic E-state index is 0.00552. The Morgan fingerprint density at radius 2 is 1.97 bits per heavy atom. The molecule has 3 aromatic rings. The van der Waals surface area contributed by atoms with E-state index in [0.29, 0.717) is 5.56 Å². The third-order valence-electron chi connectivity index (χ3n) is 4.99. The summed E-state index contributed by atoms with van der Waals surface area (Å²) in [7, 11) is -1.04. The predicted octanol–water partition coefficient (Wildman–Crippen LogP) is 4.13. The summed E-state index contributed by atoms with van der Waals surface area (Å²) in [5.74, 6) is -0.827. The van der Waals surface area contributed by atoms with E-state index in [1.54, 1.807) is 12.3 Å². The lowest BCUT2D eigenvalue weighted by Gasteiger charge is -2.07. The Hall–Kier alpha value is -3.32. The van der Waals surface area contributed by atoms with Crippen molar-refractivity contribution in [3.05, 3.63) is 89.3 Å². The standard InChI is InChI=1S/C23H19FN2O3S/c1-15-20(11-16-3-6-18(7-4-16)30(2)28)19-8-5-17(24)12-22(19)21(15)13-23(27)29-26-10-9-25-14-26/h3-12,14H,13H2,1-2H3. The number of fused-ring (bicyclic) bond motifs is 1. The fraction of sp³-hybridized carbons (Fsp3) is 0.130. The first-order chi connectivity index (χ1) is 14.4. The second kappa shape index (κ2) is 8.20. The van der Waals surface area contributed by atoms with E-state index in [1.165, 1.54) is 35.6 Å². The lowest BCUT2D eigenvalue weighted by Crippen LogP contribution is -2.18. The molecule has 1 atom stereocenters. The van der Waals surface area contributed by atoms with Gasteiger partial charge in [-0.3, -0.25) is 4.21 Å². The van der Waals surface area contributed by atoms with Gasteiger partial charge in [0.25, 0.3) is 0 Å². The van der Waals surface area contributed by atoms with Crippen molar-refractivity contribution in [2.24, 2.45) is 0 Å². The SMILES string of the molecule is CC1=C(CC(=O)On2ccnc2)c2cc(F)ccc2C1=Cc1ccc(S(C)=O)cc1. The molecular formula is C23H19FN2O3S. The molecule has 1 unspecified atom stereocenters. The Labute approximate surface area is 175 Å². The monoisotopic (exact) mass is 422 g/mol. The Morgan fingerprint density at radius 3 is 2.63 bits per heavy atom. The van der Waals surface area contributed by atoms with E-state index in [0.717, 1.165) is 32.7 Å². The molecule has 0 aliphatic heterocycles. The van der Waals surface area contributed by atoms with Gasteiger partial charge in [-0.1, -0.05) is 18.2 Å². The van der Waals surface area contributed by atoms with E-state index >= 15 is 0 Å². The fourth-order valence-electron chi connectivity index (χ4n) is 3.50. The van der Waals surface area contributed by atoms with E-state index < -0.39 is 16.8 Å². The zero-order chi connectivity index (χ0) is 21.3. The van der Waals surface area contributed by atoms with Crippen molar-refractivity contribution in [2.45, 2.75) is 18.2 Å². The van der Waals surface area contributed by atoms with Crippen LogP contribution in [0.25, 0.3) is 17.2 Å². The molecule has 1 heterocycles. The van der Waals surface area contributed by atoms with Gasteiger partial charge < -0.3 is 4.84 Å². The number of nitrogens with zero attached hydrogens (tertiary/aromatic N) is 2. The molecule has 0 radical (unpaired) electrons. The molecule has 0 fully saturated rings. The van der Waals surface area contributed by atoms with E-state index in [4.69, 9.17) is 4.84 Å². The average Bonchev–Trinajstić information content (AvgIpc) is 3.31. The zero-order valence-corrected chi connectivity index (χ0v) is 17.3. The van der Waals surface area contributed by atoms with Gasteiger partial charge in [-0.25, -0.2) is 14.2 Å². The Kier molecular flexibility index (Phi) is 5.46. The van der Waals surface area contributed by atoms with Gasteiger partial charge in [0.1, 0.15) is 12.1 Å². The Morgan fingerprint density at radius 1 is 1.20 bits per heavy atom. The van der Waals surface area contributed by atoms with Gasteiger partial charge in [-0.15, -0.1) is 0 Å². The molecule has 4 rings (SSSR count). The summed E-state index contributed by atoms with van der Waals surface area (Å²) in [4.78, 5) is 22.3. The molecule has 1 aliphatic carbocycles. The number of halogens is 1. The van der Waals surface area contributed by atoms with Gasteiger partial charge in [0, 0.05) is 28.1 Å². The smallest absolute Gasteiger partial charge is 0.335 e. The molecule has 0 bridgehead atoms. The molecule has 0 spiro atoms. The Bertz CT molecular complexity index is 1200. The molecule has 7 heteroatoms. The summed E-state index contributed by atoms with van der Waals surface area (Å²) in [6, 6.07) is 12.0. The molecule has 1 aromatic heterocycles. The molecule has 5 nitrogen and oxygen atoms in total. The van der Waals surface area contributed by atoms with Crippen LogP contribution in [0.3, 0.4) is 0 Å². The van der Waals surface area contributed by atoms with E-state index in [9.17, 15) is 13.4 Å². The van der Waals surface area contributed by atoms with Crippen LogP contribution in [-0.4, -0.2) is 26.1 Å². The second-order valence-electron chi connectivity index (χ2n) is 6.94. The van der Waals surface area contributed by atoms with Gasteiger partial charge in [-0.05, 0) is 70.7 Å². The van der Waals surface area contributed by atoms with Gasteiger partial charge >= 0.3 is 5.97 Å². The minimum atomic E-state index is -1.04. The molecule has 0 N–H and O–H groups in total. The summed E-state index contributed by atoms with van der Waals surface area (Å²) in [5, 5.41) is 0. The Balaban J connectivity index is 1.70. The molecule has 2 aromatic carbocycles. The number of allylic oxidation sites excluding steroid dienone is 2. The summed E-state index contributed by atoms with van der Waals surface area (Å²) >= 11 is 0. The second-order valence-corrected chi connectivity index (χ2v) is 8.32. The molecule has 0 saturated heterocycles. The van der Waals surface area contributed by atoms with Crippen LogP contribution in [0.2, 0.25) is 0 Å². The molecule has 30 heavy (non-hydrogen) atoms. The van der Waals surface area contributed by atoms with Crippen molar-refractivity contribution >= 4 is 34.0 Å². The highest BCUT2D eigenvalue weighted by Crippen LogP contribution is 2.43. The van der Waals surface area contributed by atoms with Crippen molar-refractivity contribution in [3.8, 4) is 0 Å². The van der Waals surface area contributed by atoms with Crippen LogP contribution in [0, 0.1) is 5.82 Å². The summed E-state index contributed by atoms with van der Waals surface area (Å²) in [6.45, 7) is 1.92. The maximum atomic E-state index is 14.0. The third kappa shape index (κ3) is 4.02. The fourth-order valence-corrected chi connectivity index (χ4v) is 4.02. The van der Waals surface area contributed by atoms with Crippen molar-refractivity contribution in [1.82, 2.24) is 9.71 Å². The summed E-state index contributed by atoms with van der Waals surface area (Å²) in [5.41, 5.74) is 5.01. The zero-order valence-electron chi connectivity index (χ0n) is 16.5. The number of imidazole rings is 1. The van der Waals surface area contributed by atoms with Crippen LogP contribution < -0.4 is 4.84 Å². The normalized spacial score (nSPS) is 15.4. The maximum absolute atomic E-state index is 14.0. The maximum Gasteiger partial charge on any atom is 0.337 e. The quantitative estimate of drug-likeness (QED) is 0.620. The van der Waals surface area contributed by atoms with Crippen molar-refractivity contribution in [3.63, 3.8) is 0 Å². The van der Waals surface area contributed by atoms with E-state index in [1.807, 2.05) is 37.3 Å². The topological polar surface area (TPSA) is 61.2 Å². The summed E-state index contributed by atoms with van der Waals surface area (Å²) in [6.07, 6.45) is 8.06. The third-order valence-corrected chi connectivity index (χ3v) is 5.92. The van der Waals surface area contributed by atoms with Gasteiger partial charge in [0.05, 0.1) is 12.6 Å². The number of carbonyl (C=O) groups is 1. The average molecular weight is 422 g/mol. The minimum Gasteiger partial charge on any atom is -0.335 e. The van der Waals surface area contributed by atoms with Crippen LogP contribution in [-0.2, 0) is 15.6 Å². The van der Waals surface area contributed by atoms with Gasteiger partial charge in [0.2, 0.25) is 0 Å². The molecule has 1 aliphatic rings. The number of carbonyl (C=O) groups excluding carboxylic acids is 1. The van der Waals surface area contributed by atoms with Gasteiger partial charge in [0.15, 0.2) is 0 Å². The largest absolute Gasteiger partial charge is 0.337 e. The lowest BCUT2D eigenvalue weighted by atomic mass is 10.0. The number of hydrogen-bond acceptors (Lipinski definition) is 4. The number of aromatic nitrogens is 2. The predicted molar refractivity (Wildman–Crippen MR) is 114 cm³/mol. The van der Waals surface area contributed by atoms with Crippen molar-refractivity contribution in [1.29, 1.82) is 0 Å². The molecule has 152 valence electrons. The van der Waals surface area contributed by atoms with Crippen LogP contribution in [0.1, 0.15) is 30.0 Å². The number of benzene rings is 2. The van der Waals surface area contributed by atoms with Crippen molar-refractivity contribution in [2.75, 3.05) is 6.26 Å². The van der Waals surface area contributed by atoms with E-state index in [-0.39, 0.29) is 12.2 Å². The first-order valence-corrected chi connectivity index (χ1v) is 10.8. The van der Waals surface area contributed by atoms with E-state index in [2.05, 4.69) is 4.98 Å². The van der Waals surface area contributed by atoms with Crippen LogP contribution >= 0.6 is 0 Å². The highest BCUT2D eigenvalue weighted by molar-refractivity contribution is 7.84. The molecular weight excluding hydrogens is 403 g/mol. The first kappa shape index (κ1) is 20.0. The molecule has 0 amide bonds. The number of hydrogen-bond donors (Lipinski definition) is 0. The van der Waals surface area contributed by atoms with Gasteiger partial charge in [-0.2, -0.15) is 4.73 Å². The van der Waals surface area contributed by atoms with Crippen molar-refractivity contribution < 1.29 is 18.2 Å². The van der Waals surface area contributed by atoms with Crippen LogP contribution in [0.15, 0.2) is 71.7 Å². The van der Waals surface area contributed by atoms with Crippen LogP contribution in [0.5, 0.6) is 0 Å². The number of rotatable bonds is 5. The molecule has 0 saturated carbocycles. The highest BCUT2D eigenvalue weighted by atomic mass is 32.2. The highest BCUT2D eigenvalue weighted by Gasteiger charge is 2.26. The lowest BCUT2D eigenvalue weighted by molar-refractivity contribution is -0.142. The van der Waals surface area contributed by atoms with Crippen LogP contribution in [0.4, 0.5) is 4.39 Å². The first-order valence-electron chi connectivity index (χ1n) is 9.27. The summed E-state index contributed by atoms with van der Waals surface area (Å²) < 4.78 is 26.8.